The van der Waals surface area contributed by atoms with Gasteiger partial charge in [-0.05, 0) is 31.1 Å². The van der Waals surface area contributed by atoms with Crippen LogP contribution in [0.15, 0.2) is 0 Å². The highest BCUT2D eigenvalue weighted by Gasteiger charge is 2.57. The first-order valence-electron chi connectivity index (χ1n) is 7.04. The van der Waals surface area contributed by atoms with E-state index in [4.69, 9.17) is 4.74 Å². The summed E-state index contributed by atoms with van der Waals surface area (Å²) in [5.74, 6) is -0.774. The summed E-state index contributed by atoms with van der Waals surface area (Å²) in [6, 6.07) is -0.952. The Hall–Kier alpha value is -1.66. The predicted octanol–water partition coefficient (Wildman–Crippen LogP) is 0.355. The minimum atomic E-state index is -0.745. The molecule has 0 aromatic carbocycles. The lowest BCUT2D eigenvalue weighted by atomic mass is 9.84. The molecular weight excluding hydrogens is 264 g/mol. The second kappa shape index (κ2) is 4.71. The van der Waals surface area contributed by atoms with Crippen LogP contribution in [0, 0.1) is 33.8 Å². The molecule has 3 aliphatic carbocycles. The van der Waals surface area contributed by atoms with Gasteiger partial charge in [0.15, 0.2) is 0 Å². The van der Waals surface area contributed by atoms with Crippen LogP contribution in [-0.4, -0.2) is 36.0 Å². The average Bonchev–Trinajstić information content (AvgIpc) is 3.00. The van der Waals surface area contributed by atoms with Crippen molar-refractivity contribution in [2.24, 2.45) is 23.7 Å². The van der Waals surface area contributed by atoms with Gasteiger partial charge in [0, 0.05) is 17.4 Å². The fourth-order valence-corrected chi connectivity index (χ4v) is 3.94. The van der Waals surface area contributed by atoms with Crippen molar-refractivity contribution in [2.45, 2.75) is 37.8 Å². The van der Waals surface area contributed by atoms with E-state index in [0.29, 0.717) is 12.3 Å². The lowest BCUT2D eigenvalue weighted by molar-refractivity contribution is -0.497. The fraction of sp³-hybridized carbons (Fsp3) is 0.846. The zero-order valence-electron chi connectivity index (χ0n) is 11.3. The van der Waals surface area contributed by atoms with Crippen molar-refractivity contribution in [1.82, 2.24) is 5.32 Å². The number of nitro groups is 1. The van der Waals surface area contributed by atoms with Gasteiger partial charge in [-0.2, -0.15) is 0 Å². The van der Waals surface area contributed by atoms with Crippen LogP contribution in [0.4, 0.5) is 0 Å². The molecule has 3 saturated carbocycles. The molecule has 0 aromatic rings. The standard InChI is InChI=1S/C13H18N2O5/c1-20-13(17)10-6-2-3-7(4-6)11(10)14-12(16)8-5-9(8)15(18)19/h6-11H,2-5H2,1H3,(H,14,16). The van der Waals surface area contributed by atoms with E-state index in [9.17, 15) is 19.7 Å². The molecule has 1 amide bonds. The van der Waals surface area contributed by atoms with Crippen LogP contribution in [0.1, 0.15) is 25.7 Å². The Kier molecular flexibility index (Phi) is 3.14. The third-order valence-corrected chi connectivity index (χ3v) is 5.06. The fourth-order valence-electron chi connectivity index (χ4n) is 3.94. The highest BCUT2D eigenvalue weighted by molar-refractivity contribution is 5.83. The van der Waals surface area contributed by atoms with Crippen LogP contribution < -0.4 is 5.32 Å². The number of methoxy groups -OCH3 is 1. The number of rotatable bonds is 4. The van der Waals surface area contributed by atoms with E-state index in [2.05, 4.69) is 5.32 Å². The number of ether oxygens (including phenoxy) is 1. The monoisotopic (exact) mass is 282 g/mol. The number of fused-ring (bicyclic) bond motifs is 2. The van der Waals surface area contributed by atoms with Gasteiger partial charge in [0.25, 0.3) is 0 Å². The van der Waals surface area contributed by atoms with Crippen molar-refractivity contribution in [3.8, 4) is 0 Å². The van der Waals surface area contributed by atoms with Crippen LogP contribution in [0.5, 0.6) is 0 Å². The zero-order valence-corrected chi connectivity index (χ0v) is 11.3. The topological polar surface area (TPSA) is 98.5 Å². The molecule has 3 aliphatic rings. The van der Waals surface area contributed by atoms with Crippen LogP contribution in [-0.2, 0) is 14.3 Å². The summed E-state index contributed by atoms with van der Waals surface area (Å²) in [7, 11) is 1.36. The average molecular weight is 282 g/mol. The molecule has 0 radical (unpaired) electrons. The maximum absolute atomic E-state index is 12.0. The lowest BCUT2D eigenvalue weighted by Gasteiger charge is -2.29. The third-order valence-electron chi connectivity index (χ3n) is 5.06. The van der Waals surface area contributed by atoms with Crippen molar-refractivity contribution in [1.29, 1.82) is 0 Å². The highest BCUT2D eigenvalue weighted by atomic mass is 16.6. The zero-order chi connectivity index (χ0) is 14.4. The smallest absolute Gasteiger partial charge is 0.311 e. The number of hydrogen-bond acceptors (Lipinski definition) is 5. The van der Waals surface area contributed by atoms with E-state index < -0.39 is 16.9 Å². The first-order valence-corrected chi connectivity index (χ1v) is 7.04. The SMILES string of the molecule is COC(=O)C1C2CCC(C2)C1NC(=O)C1CC1[N+](=O)[O-]. The van der Waals surface area contributed by atoms with Crippen molar-refractivity contribution in [3.63, 3.8) is 0 Å². The number of carbonyl (C=O) groups excluding carboxylic acids is 2. The molecule has 7 heteroatoms. The molecule has 0 spiro atoms. The summed E-state index contributed by atoms with van der Waals surface area (Å²) in [5, 5.41) is 13.5. The number of nitrogens with zero attached hydrogens (tertiary/aromatic N) is 1. The van der Waals surface area contributed by atoms with Gasteiger partial charge in [0.05, 0.1) is 13.0 Å². The van der Waals surface area contributed by atoms with Crippen LogP contribution in [0.2, 0.25) is 0 Å². The summed E-state index contributed by atoms with van der Waals surface area (Å²) >= 11 is 0. The minimum Gasteiger partial charge on any atom is -0.469 e. The van der Waals surface area contributed by atoms with Gasteiger partial charge in [-0.15, -0.1) is 0 Å². The molecule has 2 bridgehead atoms. The normalized spacial score (nSPS) is 41.2. The number of amides is 1. The van der Waals surface area contributed by atoms with Crippen molar-refractivity contribution < 1.29 is 19.2 Å². The molecule has 0 saturated heterocycles. The van der Waals surface area contributed by atoms with Gasteiger partial charge >= 0.3 is 5.97 Å². The van der Waals surface area contributed by atoms with Crippen LogP contribution in [0.25, 0.3) is 0 Å². The Morgan fingerprint density at radius 2 is 1.95 bits per heavy atom. The summed E-state index contributed by atoms with van der Waals surface area (Å²) in [6.07, 6.45) is 3.25. The van der Waals surface area contributed by atoms with Gasteiger partial charge in [0.2, 0.25) is 11.9 Å². The largest absolute Gasteiger partial charge is 0.469 e. The highest BCUT2D eigenvalue weighted by Crippen LogP contribution is 2.49. The molecule has 0 aromatic heterocycles. The molecular formula is C13H18N2O5. The van der Waals surface area contributed by atoms with E-state index in [-0.39, 0.29) is 29.8 Å². The summed E-state index contributed by atoms with van der Waals surface area (Å²) < 4.78 is 4.84. The number of nitrogens with one attached hydrogen (secondary N) is 1. The number of carbonyl (C=O) groups is 2. The molecule has 3 fully saturated rings. The molecule has 7 nitrogen and oxygen atoms in total. The first kappa shape index (κ1) is 13.3. The molecule has 20 heavy (non-hydrogen) atoms. The second-order valence-corrected chi connectivity index (χ2v) is 6.11. The van der Waals surface area contributed by atoms with Gasteiger partial charge in [-0.3, -0.25) is 19.7 Å². The van der Waals surface area contributed by atoms with E-state index in [1.807, 2.05) is 0 Å². The third kappa shape index (κ3) is 2.05. The first-order chi connectivity index (χ1) is 9.52. The van der Waals surface area contributed by atoms with Crippen LogP contribution in [0.3, 0.4) is 0 Å². The number of hydrogen-bond donors (Lipinski definition) is 1. The maximum Gasteiger partial charge on any atom is 0.311 e. The van der Waals surface area contributed by atoms with E-state index >= 15 is 0 Å². The predicted molar refractivity (Wildman–Crippen MR) is 67.2 cm³/mol. The van der Waals surface area contributed by atoms with Crippen LogP contribution >= 0.6 is 0 Å². The summed E-state index contributed by atoms with van der Waals surface area (Å²) in [6.45, 7) is 0. The minimum absolute atomic E-state index is 0.207. The second-order valence-electron chi connectivity index (χ2n) is 6.11. The Balaban J connectivity index is 1.65. The Morgan fingerprint density at radius 1 is 1.25 bits per heavy atom. The molecule has 6 atom stereocenters. The van der Waals surface area contributed by atoms with Gasteiger partial charge in [-0.25, -0.2) is 0 Å². The van der Waals surface area contributed by atoms with Crippen molar-refractivity contribution >= 4 is 11.9 Å². The Bertz CT molecular complexity index is 466. The molecule has 1 N–H and O–H groups in total. The number of esters is 1. The van der Waals surface area contributed by atoms with E-state index in [0.717, 1.165) is 19.3 Å². The molecule has 0 aliphatic heterocycles. The van der Waals surface area contributed by atoms with E-state index in [1.54, 1.807) is 0 Å². The van der Waals surface area contributed by atoms with Gasteiger partial charge < -0.3 is 10.1 Å². The molecule has 110 valence electrons. The lowest BCUT2D eigenvalue weighted by Crippen LogP contribution is -2.48. The van der Waals surface area contributed by atoms with E-state index in [1.165, 1.54) is 7.11 Å². The maximum atomic E-state index is 12.0. The molecule has 0 heterocycles. The molecule has 3 rings (SSSR count). The van der Waals surface area contributed by atoms with Gasteiger partial charge in [-0.1, -0.05) is 0 Å². The quantitative estimate of drug-likeness (QED) is 0.456. The van der Waals surface area contributed by atoms with Crippen molar-refractivity contribution in [2.75, 3.05) is 7.11 Å². The Morgan fingerprint density at radius 3 is 2.55 bits per heavy atom. The summed E-state index contributed by atoms with van der Waals surface area (Å²) in [4.78, 5) is 34.1. The van der Waals surface area contributed by atoms with Gasteiger partial charge in [0.1, 0.15) is 5.92 Å². The Labute approximate surface area is 116 Å². The summed E-state index contributed by atoms with van der Waals surface area (Å²) in [5.41, 5.74) is 0. The molecule has 6 unspecified atom stereocenters. The van der Waals surface area contributed by atoms with Crippen molar-refractivity contribution in [3.05, 3.63) is 10.1 Å².